The van der Waals surface area contributed by atoms with Crippen LogP contribution in [0.1, 0.15) is 19.3 Å². The summed E-state index contributed by atoms with van der Waals surface area (Å²) in [4.78, 5) is 9.58. The third-order valence-corrected chi connectivity index (χ3v) is 5.22. The number of rotatable bonds is 2. The minimum absolute atomic E-state index is 0.0145. The lowest BCUT2D eigenvalue weighted by molar-refractivity contribution is -0.158. The Morgan fingerprint density at radius 3 is 2.35 bits per heavy atom. The lowest BCUT2D eigenvalue weighted by Gasteiger charge is -2.39. The van der Waals surface area contributed by atoms with E-state index >= 15 is 0 Å². The summed E-state index contributed by atoms with van der Waals surface area (Å²) < 4.78 is 5.08. The molecule has 1 heterocycles. The molecule has 17 heavy (non-hydrogen) atoms. The van der Waals surface area contributed by atoms with E-state index in [1.807, 2.05) is 0 Å². The van der Waals surface area contributed by atoms with E-state index in [-0.39, 0.29) is 18.0 Å². The SMILES string of the molecule is OC1C(O)[C@@H](O)CC(CC2CCOP2O)[C@H]1O. The Morgan fingerprint density at radius 1 is 1.06 bits per heavy atom. The predicted octanol–water partition coefficient (Wildman–Crippen LogP) is -1.07. The molecule has 2 rings (SSSR count). The van der Waals surface area contributed by atoms with Crippen molar-refractivity contribution in [2.45, 2.75) is 49.3 Å². The monoisotopic (exact) mass is 266 g/mol. The molecule has 0 aromatic carbocycles. The molecule has 0 bridgehead atoms. The zero-order valence-electron chi connectivity index (χ0n) is 9.38. The molecule has 0 spiro atoms. The molecular formula is C10H19O6P. The highest BCUT2D eigenvalue weighted by Gasteiger charge is 2.43. The Morgan fingerprint density at radius 2 is 1.76 bits per heavy atom. The summed E-state index contributed by atoms with van der Waals surface area (Å²) in [6, 6.07) is 0. The van der Waals surface area contributed by atoms with Crippen molar-refractivity contribution in [2.75, 3.05) is 6.61 Å². The van der Waals surface area contributed by atoms with Crippen molar-refractivity contribution >= 4 is 8.38 Å². The molecule has 0 aromatic rings. The van der Waals surface area contributed by atoms with Crippen molar-refractivity contribution in [3.63, 3.8) is 0 Å². The third kappa shape index (κ3) is 2.79. The molecule has 5 unspecified atom stereocenters. The molecule has 1 aliphatic heterocycles. The van der Waals surface area contributed by atoms with Gasteiger partial charge >= 0.3 is 0 Å². The molecule has 1 saturated heterocycles. The van der Waals surface area contributed by atoms with Crippen molar-refractivity contribution in [1.29, 1.82) is 0 Å². The predicted molar refractivity (Wildman–Crippen MR) is 60.2 cm³/mol. The molecule has 1 aliphatic carbocycles. The molecule has 2 aliphatic rings. The second-order valence-electron chi connectivity index (χ2n) is 4.85. The van der Waals surface area contributed by atoms with Gasteiger partial charge in [-0.15, -0.1) is 0 Å². The van der Waals surface area contributed by atoms with E-state index < -0.39 is 32.8 Å². The van der Waals surface area contributed by atoms with E-state index in [0.29, 0.717) is 13.0 Å². The van der Waals surface area contributed by atoms with Crippen LogP contribution in [0.25, 0.3) is 0 Å². The van der Waals surface area contributed by atoms with Gasteiger partial charge in [-0.05, 0) is 25.2 Å². The van der Waals surface area contributed by atoms with Crippen molar-refractivity contribution in [3.8, 4) is 0 Å². The van der Waals surface area contributed by atoms with Gasteiger partial charge in [-0.3, -0.25) is 0 Å². The lowest BCUT2D eigenvalue weighted by Crippen LogP contribution is -2.53. The Kier molecular flexibility index (Phi) is 4.36. The van der Waals surface area contributed by atoms with Gasteiger partial charge in [-0.2, -0.15) is 0 Å². The molecule has 7 heteroatoms. The summed E-state index contributed by atoms with van der Waals surface area (Å²) in [5, 5.41) is 38.4. The summed E-state index contributed by atoms with van der Waals surface area (Å²) >= 11 is 0. The van der Waals surface area contributed by atoms with Gasteiger partial charge in [0.25, 0.3) is 0 Å². The molecule has 100 valence electrons. The van der Waals surface area contributed by atoms with Crippen LogP contribution in [-0.2, 0) is 4.52 Å². The first-order valence-corrected chi connectivity index (χ1v) is 7.12. The number of aliphatic hydroxyl groups is 4. The maximum Gasteiger partial charge on any atom is 0.171 e. The van der Waals surface area contributed by atoms with Gasteiger partial charge in [-0.25, -0.2) is 0 Å². The van der Waals surface area contributed by atoms with Crippen LogP contribution >= 0.6 is 8.38 Å². The summed E-state index contributed by atoms with van der Waals surface area (Å²) in [7, 11) is -1.45. The first-order chi connectivity index (χ1) is 8.00. The number of hydrogen-bond acceptors (Lipinski definition) is 6. The van der Waals surface area contributed by atoms with Crippen LogP contribution < -0.4 is 0 Å². The summed E-state index contributed by atoms with van der Waals surface area (Å²) in [5.74, 6) is -0.313. The summed E-state index contributed by atoms with van der Waals surface area (Å²) in [6.07, 6.45) is -3.22. The van der Waals surface area contributed by atoms with Crippen LogP contribution in [0.3, 0.4) is 0 Å². The van der Waals surface area contributed by atoms with E-state index in [9.17, 15) is 25.3 Å². The topological polar surface area (TPSA) is 110 Å². The van der Waals surface area contributed by atoms with Crippen molar-refractivity contribution in [1.82, 2.24) is 0 Å². The molecule has 2 fully saturated rings. The fourth-order valence-electron chi connectivity index (χ4n) is 2.59. The Balaban J connectivity index is 1.96. The average Bonchev–Trinajstić information content (AvgIpc) is 2.69. The third-order valence-electron chi connectivity index (χ3n) is 3.68. The van der Waals surface area contributed by atoms with E-state index in [1.54, 1.807) is 0 Å². The maximum atomic E-state index is 9.84. The van der Waals surface area contributed by atoms with Crippen LogP contribution in [0.4, 0.5) is 0 Å². The lowest BCUT2D eigenvalue weighted by atomic mass is 9.78. The highest BCUT2D eigenvalue weighted by Crippen LogP contribution is 2.49. The van der Waals surface area contributed by atoms with Gasteiger partial charge in [0, 0.05) is 5.66 Å². The summed E-state index contributed by atoms with van der Waals surface area (Å²) in [5.41, 5.74) is -0.0145. The zero-order chi connectivity index (χ0) is 12.6. The second-order valence-corrected chi connectivity index (χ2v) is 6.44. The number of aliphatic hydroxyl groups excluding tert-OH is 4. The molecule has 0 amide bonds. The van der Waals surface area contributed by atoms with Crippen molar-refractivity contribution < 1.29 is 29.8 Å². The molecule has 0 aromatic heterocycles. The molecule has 0 radical (unpaired) electrons. The van der Waals surface area contributed by atoms with E-state index in [1.165, 1.54) is 0 Å². The zero-order valence-corrected chi connectivity index (χ0v) is 10.3. The van der Waals surface area contributed by atoms with Crippen LogP contribution in [0, 0.1) is 5.92 Å². The van der Waals surface area contributed by atoms with Crippen LogP contribution in [0.15, 0.2) is 0 Å². The first-order valence-electron chi connectivity index (χ1n) is 5.84. The van der Waals surface area contributed by atoms with Gasteiger partial charge in [0.2, 0.25) is 0 Å². The Bertz CT molecular complexity index is 265. The maximum absolute atomic E-state index is 9.84. The fourth-order valence-corrected chi connectivity index (χ4v) is 3.87. The molecule has 7 atom stereocenters. The van der Waals surface area contributed by atoms with Crippen LogP contribution in [0.5, 0.6) is 0 Å². The quantitative estimate of drug-likeness (QED) is 0.407. The van der Waals surface area contributed by atoms with Gasteiger partial charge in [0.05, 0.1) is 18.8 Å². The van der Waals surface area contributed by atoms with Gasteiger partial charge in [0.1, 0.15) is 12.2 Å². The smallest absolute Gasteiger partial charge is 0.171 e. The highest BCUT2D eigenvalue weighted by atomic mass is 31.2. The van der Waals surface area contributed by atoms with Gasteiger partial charge in [0.15, 0.2) is 8.38 Å². The van der Waals surface area contributed by atoms with Crippen molar-refractivity contribution in [2.24, 2.45) is 5.92 Å². The van der Waals surface area contributed by atoms with E-state index in [2.05, 4.69) is 0 Å². The van der Waals surface area contributed by atoms with E-state index in [0.717, 1.165) is 6.42 Å². The molecule has 6 nitrogen and oxygen atoms in total. The number of hydrogen-bond donors (Lipinski definition) is 5. The summed E-state index contributed by atoms with van der Waals surface area (Å²) in [6.45, 7) is 0.517. The van der Waals surface area contributed by atoms with Crippen LogP contribution in [0.2, 0.25) is 0 Å². The standard InChI is InChI=1S/C10H19O6P/c11-7-4-5(8(12)10(14)9(7)13)3-6-1-2-16-17(6)15/h5-15H,1-4H2/t5?,6?,7-,8+,9?,10?,17?/m0/s1. The second kappa shape index (κ2) is 5.45. The molecule has 5 N–H and O–H groups in total. The average molecular weight is 266 g/mol. The largest absolute Gasteiger partial charge is 0.390 e. The van der Waals surface area contributed by atoms with E-state index in [4.69, 9.17) is 4.52 Å². The molecular weight excluding hydrogens is 247 g/mol. The van der Waals surface area contributed by atoms with Crippen molar-refractivity contribution in [3.05, 3.63) is 0 Å². The minimum atomic E-state index is -1.45. The van der Waals surface area contributed by atoms with Gasteiger partial charge in [-0.1, -0.05) is 0 Å². The highest BCUT2D eigenvalue weighted by molar-refractivity contribution is 7.47. The Hall–Kier alpha value is 0.190. The minimum Gasteiger partial charge on any atom is -0.390 e. The molecule has 1 saturated carbocycles. The normalized spacial score (nSPS) is 51.7. The van der Waals surface area contributed by atoms with Gasteiger partial charge < -0.3 is 29.8 Å². The first kappa shape index (κ1) is 13.6. The van der Waals surface area contributed by atoms with Crippen LogP contribution in [-0.4, -0.2) is 62.0 Å². The fraction of sp³-hybridized carbons (Fsp3) is 1.00. The Labute approximate surface area is 101 Å².